The molecule has 0 bridgehead atoms. The number of rotatable bonds is 8. The van der Waals surface area contributed by atoms with Gasteiger partial charge in [0.05, 0.1) is 6.61 Å². The molecule has 1 rings (SSSR count). The van der Waals surface area contributed by atoms with Crippen LogP contribution in [-0.4, -0.2) is 48.8 Å². The smallest absolute Gasteiger partial charge is 0.338 e. The normalized spacial score (nSPS) is 10.1. The fourth-order valence-electron chi connectivity index (χ4n) is 1.41. The van der Waals surface area contributed by atoms with Crippen LogP contribution in [0, 0.1) is 5.82 Å². The highest BCUT2D eigenvalue weighted by Gasteiger charge is 2.14. The van der Waals surface area contributed by atoms with Crippen LogP contribution >= 0.6 is 0 Å². The molecule has 3 N–H and O–H groups in total. The van der Waals surface area contributed by atoms with E-state index >= 15 is 0 Å². The van der Waals surface area contributed by atoms with Crippen LogP contribution in [0.2, 0.25) is 0 Å². The maximum absolute atomic E-state index is 13.7. The van der Waals surface area contributed by atoms with Crippen molar-refractivity contribution in [2.75, 3.05) is 32.1 Å². The van der Waals surface area contributed by atoms with Crippen molar-refractivity contribution in [2.45, 2.75) is 6.42 Å². The molecule has 20 heavy (non-hydrogen) atoms. The third kappa shape index (κ3) is 4.81. The molecule has 1 heterocycles. The zero-order valence-corrected chi connectivity index (χ0v) is 11.0. The number of carbonyl (C=O) groups excluding carboxylic acids is 1. The molecule has 0 aliphatic rings. The van der Waals surface area contributed by atoms with Crippen LogP contribution in [0.25, 0.3) is 0 Å². The first-order chi connectivity index (χ1) is 9.56. The van der Waals surface area contributed by atoms with E-state index in [9.17, 15) is 14.0 Å². The van der Waals surface area contributed by atoms with Crippen molar-refractivity contribution >= 4 is 17.7 Å². The molecule has 1 amide bonds. The van der Waals surface area contributed by atoms with Gasteiger partial charge in [0, 0.05) is 32.8 Å². The highest BCUT2D eigenvalue weighted by atomic mass is 19.1. The van der Waals surface area contributed by atoms with Gasteiger partial charge in [-0.25, -0.2) is 14.2 Å². The largest absolute Gasteiger partial charge is 0.478 e. The van der Waals surface area contributed by atoms with Crippen LogP contribution in [-0.2, 0) is 9.53 Å². The third-order valence-corrected chi connectivity index (χ3v) is 2.39. The van der Waals surface area contributed by atoms with Crippen LogP contribution in [0.1, 0.15) is 16.8 Å². The maximum atomic E-state index is 13.7. The minimum atomic E-state index is -1.37. The monoisotopic (exact) mass is 285 g/mol. The van der Waals surface area contributed by atoms with E-state index in [4.69, 9.17) is 9.84 Å². The molecule has 0 saturated carbocycles. The molecule has 0 fully saturated rings. The summed E-state index contributed by atoms with van der Waals surface area (Å²) in [5.41, 5.74) is -0.466. The molecule has 8 heteroatoms. The van der Waals surface area contributed by atoms with Gasteiger partial charge >= 0.3 is 5.97 Å². The predicted molar refractivity (Wildman–Crippen MR) is 69.1 cm³/mol. The van der Waals surface area contributed by atoms with Gasteiger partial charge in [-0.15, -0.1) is 0 Å². The summed E-state index contributed by atoms with van der Waals surface area (Å²) in [6.07, 6.45) is 1.30. The van der Waals surface area contributed by atoms with Gasteiger partial charge in [0.15, 0.2) is 11.6 Å². The number of ether oxygens (including phenoxy) is 1. The molecule has 110 valence electrons. The number of amides is 1. The van der Waals surface area contributed by atoms with Crippen LogP contribution in [0.5, 0.6) is 0 Å². The Morgan fingerprint density at radius 2 is 2.20 bits per heavy atom. The van der Waals surface area contributed by atoms with Crippen LogP contribution in [0.4, 0.5) is 10.2 Å². The van der Waals surface area contributed by atoms with Gasteiger partial charge in [0.1, 0.15) is 5.56 Å². The number of nitrogens with one attached hydrogen (secondary N) is 2. The molecule has 0 spiro atoms. The molecule has 0 aromatic carbocycles. The van der Waals surface area contributed by atoms with Crippen molar-refractivity contribution in [1.82, 2.24) is 10.3 Å². The summed E-state index contributed by atoms with van der Waals surface area (Å²) in [4.78, 5) is 25.8. The summed E-state index contributed by atoms with van der Waals surface area (Å²) >= 11 is 0. The first kappa shape index (κ1) is 15.8. The van der Waals surface area contributed by atoms with Crippen molar-refractivity contribution in [3.8, 4) is 0 Å². The van der Waals surface area contributed by atoms with E-state index in [1.807, 2.05) is 0 Å². The van der Waals surface area contributed by atoms with Crippen molar-refractivity contribution in [1.29, 1.82) is 0 Å². The van der Waals surface area contributed by atoms with Gasteiger partial charge in [0.2, 0.25) is 5.91 Å². The lowest BCUT2D eigenvalue weighted by molar-refractivity contribution is -0.121. The minimum absolute atomic E-state index is 0.113. The zero-order chi connectivity index (χ0) is 15.0. The Balaban J connectivity index is 2.44. The van der Waals surface area contributed by atoms with Crippen LogP contribution in [0.3, 0.4) is 0 Å². The number of hydrogen-bond acceptors (Lipinski definition) is 5. The van der Waals surface area contributed by atoms with Gasteiger partial charge in [0.25, 0.3) is 0 Å². The van der Waals surface area contributed by atoms with Crippen LogP contribution in [0.15, 0.2) is 12.3 Å². The molecule has 0 aliphatic heterocycles. The van der Waals surface area contributed by atoms with E-state index in [1.165, 1.54) is 13.3 Å². The number of carboxylic acid groups (broad SMARTS) is 1. The molecule has 0 aliphatic carbocycles. The lowest BCUT2D eigenvalue weighted by Gasteiger charge is -2.08. The van der Waals surface area contributed by atoms with Gasteiger partial charge in [-0.2, -0.15) is 0 Å². The van der Waals surface area contributed by atoms with Crippen LogP contribution < -0.4 is 10.6 Å². The highest BCUT2D eigenvalue weighted by molar-refractivity contribution is 5.88. The number of nitrogens with zero attached hydrogens (tertiary/aromatic N) is 1. The SMILES string of the molecule is COCCNC(=O)CCNc1nccc(C(=O)O)c1F. The average Bonchev–Trinajstić information content (AvgIpc) is 2.40. The van der Waals surface area contributed by atoms with E-state index in [1.54, 1.807) is 0 Å². The summed E-state index contributed by atoms with van der Waals surface area (Å²) in [7, 11) is 1.53. The summed E-state index contributed by atoms with van der Waals surface area (Å²) < 4.78 is 18.4. The zero-order valence-electron chi connectivity index (χ0n) is 11.0. The Bertz CT molecular complexity index is 482. The molecule has 7 nitrogen and oxygen atoms in total. The number of carbonyl (C=O) groups is 2. The van der Waals surface area contributed by atoms with E-state index in [-0.39, 0.29) is 24.7 Å². The third-order valence-electron chi connectivity index (χ3n) is 2.39. The second kappa shape index (κ2) is 8.05. The standard InChI is InChI=1S/C12H16FN3O4/c1-20-7-6-14-9(17)3-5-16-11-10(13)8(12(18)19)2-4-15-11/h2,4H,3,5-7H2,1H3,(H,14,17)(H,15,16)(H,18,19). The van der Waals surface area contributed by atoms with Gasteiger partial charge in [-0.1, -0.05) is 0 Å². The first-order valence-electron chi connectivity index (χ1n) is 5.93. The summed E-state index contributed by atoms with van der Waals surface area (Å²) in [5.74, 6) is -2.72. The summed E-state index contributed by atoms with van der Waals surface area (Å²) in [6, 6.07) is 1.07. The van der Waals surface area contributed by atoms with Crippen molar-refractivity contribution in [2.24, 2.45) is 0 Å². The molecule has 1 aromatic rings. The lowest BCUT2D eigenvalue weighted by atomic mass is 10.2. The molecular weight excluding hydrogens is 269 g/mol. The average molecular weight is 285 g/mol. The highest BCUT2D eigenvalue weighted by Crippen LogP contribution is 2.14. The van der Waals surface area contributed by atoms with Gasteiger partial charge in [-0.3, -0.25) is 4.79 Å². The van der Waals surface area contributed by atoms with E-state index in [0.29, 0.717) is 13.2 Å². The number of aromatic carboxylic acids is 1. The molecule has 0 saturated heterocycles. The second-order valence-electron chi connectivity index (χ2n) is 3.85. The molecule has 0 unspecified atom stereocenters. The number of methoxy groups -OCH3 is 1. The quantitative estimate of drug-likeness (QED) is 0.601. The molecule has 1 aromatic heterocycles. The van der Waals surface area contributed by atoms with E-state index < -0.39 is 17.3 Å². The number of aromatic nitrogens is 1. The number of anilines is 1. The fourth-order valence-corrected chi connectivity index (χ4v) is 1.41. The predicted octanol–water partition coefficient (Wildman–Crippen LogP) is 0.483. The Morgan fingerprint density at radius 1 is 1.45 bits per heavy atom. The molecule has 0 atom stereocenters. The first-order valence-corrected chi connectivity index (χ1v) is 5.93. The van der Waals surface area contributed by atoms with Gasteiger partial charge in [-0.05, 0) is 6.07 Å². The Labute approximate surface area is 115 Å². The maximum Gasteiger partial charge on any atom is 0.338 e. The number of carboxylic acids is 1. The topological polar surface area (TPSA) is 101 Å². The van der Waals surface area contributed by atoms with Gasteiger partial charge < -0.3 is 20.5 Å². The molecule has 0 radical (unpaired) electrons. The second-order valence-corrected chi connectivity index (χ2v) is 3.85. The Kier molecular flexibility index (Phi) is 6.38. The Morgan fingerprint density at radius 3 is 2.85 bits per heavy atom. The lowest BCUT2D eigenvalue weighted by Crippen LogP contribution is -2.28. The minimum Gasteiger partial charge on any atom is -0.478 e. The molecular formula is C12H16FN3O4. The van der Waals surface area contributed by atoms with E-state index in [0.717, 1.165) is 6.07 Å². The summed E-state index contributed by atoms with van der Waals surface area (Å²) in [5, 5.41) is 13.9. The number of hydrogen-bond donors (Lipinski definition) is 3. The Hall–Kier alpha value is -2.22. The van der Waals surface area contributed by atoms with Crippen molar-refractivity contribution < 1.29 is 23.8 Å². The number of halogens is 1. The van der Waals surface area contributed by atoms with Crippen molar-refractivity contribution in [3.63, 3.8) is 0 Å². The fraction of sp³-hybridized carbons (Fsp3) is 0.417. The summed E-state index contributed by atoms with van der Waals surface area (Å²) in [6.45, 7) is 0.957. The van der Waals surface area contributed by atoms with E-state index in [2.05, 4.69) is 15.6 Å². The van der Waals surface area contributed by atoms with Crippen molar-refractivity contribution in [3.05, 3.63) is 23.6 Å². The number of pyridine rings is 1.